The number of rotatable bonds is 5. The minimum Gasteiger partial charge on any atom is -0.318 e. The summed E-state index contributed by atoms with van der Waals surface area (Å²) in [5.74, 6) is -0.0811. The molecule has 0 aliphatic rings. The third kappa shape index (κ3) is 4.22. The van der Waals surface area contributed by atoms with Gasteiger partial charge in [0.2, 0.25) is 10.0 Å². The standard InChI is InChI=1S/C17H18N4O3S2.ClH/c1-11-9-15(16(22)10-20-7-8-25-17(20)18)12(2)21(11)13-3-5-14(6-4-13)26(19,23)24;/h3-9,18H,10H2,1-2H3,(H2,19,23,24);1H. The Morgan fingerprint density at radius 3 is 2.37 bits per heavy atom. The minimum absolute atomic E-state index is 0. The third-order valence-electron chi connectivity index (χ3n) is 4.15. The molecule has 0 bridgehead atoms. The normalized spacial score (nSPS) is 11.2. The summed E-state index contributed by atoms with van der Waals surface area (Å²) in [7, 11) is -3.75. The van der Waals surface area contributed by atoms with Crippen LogP contribution in [-0.2, 0) is 16.6 Å². The fourth-order valence-corrected chi connectivity index (χ4v) is 4.01. The molecule has 27 heavy (non-hydrogen) atoms. The smallest absolute Gasteiger partial charge is 0.238 e. The molecule has 0 fully saturated rings. The Morgan fingerprint density at radius 2 is 1.85 bits per heavy atom. The molecule has 2 aromatic heterocycles. The van der Waals surface area contributed by atoms with Crippen molar-refractivity contribution in [3.63, 3.8) is 0 Å². The number of carbonyl (C=O) groups excluding carboxylic acids is 1. The Morgan fingerprint density at radius 1 is 1.22 bits per heavy atom. The van der Waals surface area contributed by atoms with Gasteiger partial charge in [-0.25, -0.2) is 13.6 Å². The van der Waals surface area contributed by atoms with E-state index in [0.29, 0.717) is 10.4 Å². The second-order valence-electron chi connectivity index (χ2n) is 5.92. The van der Waals surface area contributed by atoms with E-state index in [1.54, 1.807) is 28.3 Å². The van der Waals surface area contributed by atoms with Crippen LogP contribution in [0.5, 0.6) is 0 Å². The van der Waals surface area contributed by atoms with Gasteiger partial charge in [-0.3, -0.25) is 10.2 Å². The van der Waals surface area contributed by atoms with Gasteiger partial charge < -0.3 is 9.13 Å². The fraction of sp³-hybridized carbons (Fsp3) is 0.176. The topological polar surface area (TPSA) is 111 Å². The van der Waals surface area contributed by atoms with Crippen LogP contribution in [0.4, 0.5) is 0 Å². The maximum Gasteiger partial charge on any atom is 0.238 e. The van der Waals surface area contributed by atoms with Crippen LogP contribution >= 0.6 is 23.7 Å². The van der Waals surface area contributed by atoms with Crippen LogP contribution in [0.25, 0.3) is 5.69 Å². The highest BCUT2D eigenvalue weighted by Gasteiger charge is 2.18. The number of aromatic nitrogens is 2. The summed E-state index contributed by atoms with van der Waals surface area (Å²) < 4.78 is 26.3. The molecule has 0 unspecified atom stereocenters. The van der Waals surface area contributed by atoms with E-state index in [0.717, 1.165) is 17.1 Å². The molecule has 3 N–H and O–H groups in total. The van der Waals surface area contributed by atoms with Gasteiger partial charge in [-0.05, 0) is 44.2 Å². The maximum absolute atomic E-state index is 12.7. The maximum atomic E-state index is 12.7. The van der Waals surface area contributed by atoms with Gasteiger partial charge in [-0.2, -0.15) is 0 Å². The number of sulfonamides is 1. The Labute approximate surface area is 167 Å². The van der Waals surface area contributed by atoms with Crippen molar-refractivity contribution in [2.75, 3.05) is 0 Å². The lowest BCUT2D eigenvalue weighted by Gasteiger charge is -2.10. The van der Waals surface area contributed by atoms with Gasteiger partial charge in [0.1, 0.15) is 0 Å². The molecular formula is C17H19ClN4O3S2. The first-order chi connectivity index (χ1) is 12.2. The third-order valence-corrected chi connectivity index (χ3v) is 5.80. The molecular weight excluding hydrogens is 408 g/mol. The minimum atomic E-state index is -3.75. The summed E-state index contributed by atoms with van der Waals surface area (Å²) in [5, 5.41) is 14.7. The highest BCUT2D eigenvalue weighted by molar-refractivity contribution is 7.89. The number of nitrogens with one attached hydrogen (secondary N) is 1. The molecule has 0 aliphatic heterocycles. The number of aryl methyl sites for hydroxylation is 1. The number of Topliss-reactive ketones (excluding diaryl/α,β-unsaturated/α-hetero) is 1. The van der Waals surface area contributed by atoms with Crippen LogP contribution in [0.15, 0.2) is 46.8 Å². The van der Waals surface area contributed by atoms with Crippen LogP contribution in [0.1, 0.15) is 21.7 Å². The second kappa shape index (κ2) is 7.81. The number of hydrogen-bond acceptors (Lipinski definition) is 5. The van der Waals surface area contributed by atoms with Crippen molar-refractivity contribution in [3.8, 4) is 5.69 Å². The number of ketones is 1. The summed E-state index contributed by atoms with van der Waals surface area (Å²) in [6.07, 6.45) is 1.72. The number of nitrogens with zero attached hydrogens (tertiary/aromatic N) is 2. The Kier molecular flexibility index (Phi) is 6.10. The highest BCUT2D eigenvalue weighted by Crippen LogP contribution is 2.22. The lowest BCUT2D eigenvalue weighted by atomic mass is 10.1. The quantitative estimate of drug-likeness (QED) is 0.611. The number of carbonyl (C=O) groups is 1. The zero-order valence-corrected chi connectivity index (χ0v) is 17.1. The average Bonchev–Trinajstić information content (AvgIpc) is 3.10. The average molecular weight is 427 g/mol. The van der Waals surface area contributed by atoms with Gasteiger partial charge in [0.15, 0.2) is 10.6 Å². The first-order valence-corrected chi connectivity index (χ1v) is 10.1. The molecule has 2 heterocycles. The molecule has 10 heteroatoms. The molecule has 0 amide bonds. The molecule has 144 valence electrons. The lowest BCUT2D eigenvalue weighted by Crippen LogP contribution is -2.19. The van der Waals surface area contributed by atoms with Crippen molar-refractivity contribution in [2.45, 2.75) is 25.3 Å². The van der Waals surface area contributed by atoms with Crippen molar-refractivity contribution in [1.29, 1.82) is 5.41 Å². The number of benzene rings is 1. The molecule has 0 saturated carbocycles. The van der Waals surface area contributed by atoms with Crippen molar-refractivity contribution in [1.82, 2.24) is 9.13 Å². The first-order valence-electron chi connectivity index (χ1n) is 7.72. The van der Waals surface area contributed by atoms with Crippen LogP contribution in [0.2, 0.25) is 0 Å². The van der Waals surface area contributed by atoms with Gasteiger partial charge in [0, 0.05) is 34.2 Å². The van der Waals surface area contributed by atoms with Crippen LogP contribution in [0, 0.1) is 19.3 Å². The van der Waals surface area contributed by atoms with Crippen LogP contribution in [-0.4, -0.2) is 23.3 Å². The van der Waals surface area contributed by atoms with Gasteiger partial charge in [0.25, 0.3) is 0 Å². The predicted octanol–water partition coefficient (Wildman–Crippen LogP) is 2.39. The number of nitrogens with two attached hydrogens (primary N) is 1. The molecule has 7 nitrogen and oxygen atoms in total. The summed E-state index contributed by atoms with van der Waals surface area (Å²) >= 11 is 1.27. The highest BCUT2D eigenvalue weighted by atomic mass is 35.5. The van der Waals surface area contributed by atoms with Gasteiger partial charge in [-0.15, -0.1) is 23.7 Å². The summed E-state index contributed by atoms with van der Waals surface area (Å²) in [6.45, 7) is 3.83. The zero-order valence-electron chi connectivity index (χ0n) is 14.7. The molecule has 0 aliphatic carbocycles. The number of thiazole rings is 1. The molecule has 0 atom stereocenters. The van der Waals surface area contributed by atoms with E-state index >= 15 is 0 Å². The molecule has 0 saturated heterocycles. The van der Waals surface area contributed by atoms with E-state index in [1.807, 2.05) is 24.5 Å². The van der Waals surface area contributed by atoms with Gasteiger partial charge in [0.05, 0.1) is 11.4 Å². The van der Waals surface area contributed by atoms with Crippen molar-refractivity contribution >= 4 is 39.6 Å². The lowest BCUT2D eigenvalue weighted by molar-refractivity contribution is 0.0970. The fourth-order valence-electron chi connectivity index (χ4n) is 2.90. The SMILES string of the molecule is Cc1cc(C(=O)Cn2ccsc2=N)c(C)n1-c1ccc(S(N)(=O)=O)cc1.Cl. The molecule has 3 aromatic rings. The monoisotopic (exact) mass is 426 g/mol. The van der Waals surface area contributed by atoms with Crippen molar-refractivity contribution in [2.24, 2.45) is 5.14 Å². The summed E-state index contributed by atoms with van der Waals surface area (Å²) in [6, 6.07) is 8.01. The van der Waals surface area contributed by atoms with Gasteiger partial charge in [-0.1, -0.05) is 0 Å². The Balaban J connectivity index is 0.00000261. The van der Waals surface area contributed by atoms with Crippen molar-refractivity contribution in [3.05, 3.63) is 63.7 Å². The zero-order chi connectivity index (χ0) is 19.1. The molecule has 1 aromatic carbocycles. The summed E-state index contributed by atoms with van der Waals surface area (Å²) in [5.41, 5.74) is 2.95. The van der Waals surface area contributed by atoms with E-state index in [-0.39, 0.29) is 29.6 Å². The Hall–Kier alpha value is -2.20. The van der Waals surface area contributed by atoms with E-state index in [2.05, 4.69) is 0 Å². The van der Waals surface area contributed by atoms with Crippen LogP contribution < -0.4 is 9.94 Å². The van der Waals surface area contributed by atoms with E-state index in [1.165, 1.54) is 23.5 Å². The number of halogens is 1. The first kappa shape index (κ1) is 21.1. The number of hydrogen-bond donors (Lipinski definition) is 2. The molecule has 3 rings (SSSR count). The predicted molar refractivity (Wildman–Crippen MR) is 106 cm³/mol. The van der Waals surface area contributed by atoms with E-state index in [4.69, 9.17) is 10.5 Å². The second-order valence-corrected chi connectivity index (χ2v) is 8.37. The van der Waals surface area contributed by atoms with Gasteiger partial charge >= 0.3 is 0 Å². The van der Waals surface area contributed by atoms with E-state index < -0.39 is 10.0 Å². The van der Waals surface area contributed by atoms with Crippen LogP contribution in [0.3, 0.4) is 0 Å². The molecule has 0 radical (unpaired) electrons. The Bertz CT molecular complexity index is 1140. The summed E-state index contributed by atoms with van der Waals surface area (Å²) in [4.78, 5) is 13.0. The van der Waals surface area contributed by atoms with Crippen molar-refractivity contribution < 1.29 is 13.2 Å². The van der Waals surface area contributed by atoms with E-state index in [9.17, 15) is 13.2 Å². The largest absolute Gasteiger partial charge is 0.318 e. The molecule has 0 spiro atoms. The number of primary sulfonamides is 1.